The van der Waals surface area contributed by atoms with Crippen molar-refractivity contribution in [2.75, 3.05) is 4.90 Å². The molecule has 2 aromatic heterocycles. The number of fused-ring (bicyclic) bond motifs is 10. The van der Waals surface area contributed by atoms with Gasteiger partial charge < -0.3 is 9.47 Å². The topological polar surface area (TPSA) is 8.17 Å². The van der Waals surface area contributed by atoms with E-state index < -0.39 is 0 Å². The minimum Gasteiger partial charge on any atom is -0.310 e. The van der Waals surface area contributed by atoms with Crippen LogP contribution in [0.15, 0.2) is 205 Å². The number of benzene rings is 8. The second-order valence-corrected chi connectivity index (χ2v) is 17.4. The maximum Gasteiger partial charge on any atom is 0.0600 e. The number of hydrogen-bond donors (Lipinski definition) is 0. The van der Waals surface area contributed by atoms with Crippen LogP contribution in [0.4, 0.5) is 17.1 Å². The molecular formula is C54H36N2S2. The molecule has 12 rings (SSSR count). The number of nitrogens with zero attached hydrogens (tertiary/aromatic N) is 2. The lowest BCUT2D eigenvalue weighted by Gasteiger charge is -2.28. The van der Waals surface area contributed by atoms with Gasteiger partial charge in [0.05, 0.1) is 16.9 Å². The fourth-order valence-electron chi connectivity index (χ4n) is 9.34. The lowest BCUT2D eigenvalue weighted by molar-refractivity contribution is 0.817. The molecule has 274 valence electrons. The molecule has 0 radical (unpaired) electrons. The molecule has 0 saturated carbocycles. The third kappa shape index (κ3) is 5.26. The molecule has 2 aliphatic rings. The standard InChI is InChI=1S/C54H36N2S2/c1-3-13-35(14-4-1)36-25-29-39(30-26-36)55(40-31-27-37(28-32-40)41-19-11-20-43-42-17-8-10-24-50(42)57-52(41)43)49-23-12-21-44-45-33-34-48-51(54(45)58-53(44)49)46-18-7-9-22-47(46)56(48)38-15-5-2-6-16-38/h1-34,45,54H. The highest BCUT2D eigenvalue weighted by Gasteiger charge is 2.40. The van der Waals surface area contributed by atoms with Crippen molar-refractivity contribution in [1.82, 2.24) is 4.57 Å². The monoisotopic (exact) mass is 776 g/mol. The quantitative estimate of drug-likeness (QED) is 0.166. The zero-order valence-corrected chi connectivity index (χ0v) is 33.1. The summed E-state index contributed by atoms with van der Waals surface area (Å²) in [6.45, 7) is 0. The minimum atomic E-state index is 0.262. The molecule has 2 atom stereocenters. The van der Waals surface area contributed by atoms with E-state index in [1.54, 1.807) is 0 Å². The number of para-hydroxylation sites is 2. The highest BCUT2D eigenvalue weighted by atomic mass is 32.2. The van der Waals surface area contributed by atoms with Crippen LogP contribution in [0.5, 0.6) is 0 Å². The number of thioether (sulfide) groups is 1. The second kappa shape index (κ2) is 13.5. The van der Waals surface area contributed by atoms with Crippen LogP contribution >= 0.6 is 23.1 Å². The number of anilines is 3. The summed E-state index contributed by atoms with van der Waals surface area (Å²) in [5.74, 6) is 0.272. The van der Waals surface area contributed by atoms with Gasteiger partial charge in [-0.2, -0.15) is 0 Å². The Morgan fingerprint density at radius 1 is 0.500 bits per heavy atom. The summed E-state index contributed by atoms with van der Waals surface area (Å²) in [7, 11) is 0. The highest BCUT2D eigenvalue weighted by molar-refractivity contribution is 8.00. The predicted molar refractivity (Wildman–Crippen MR) is 249 cm³/mol. The van der Waals surface area contributed by atoms with E-state index in [1.807, 2.05) is 23.1 Å². The Morgan fingerprint density at radius 2 is 1.14 bits per heavy atom. The minimum absolute atomic E-state index is 0.262. The van der Waals surface area contributed by atoms with Crippen LogP contribution in [-0.4, -0.2) is 4.57 Å². The number of thiophene rings is 1. The Hall–Kier alpha value is -6.59. The van der Waals surface area contributed by atoms with E-state index >= 15 is 0 Å². The van der Waals surface area contributed by atoms with Crippen LogP contribution < -0.4 is 4.90 Å². The summed E-state index contributed by atoms with van der Waals surface area (Å²) in [4.78, 5) is 3.82. The molecule has 0 amide bonds. The van der Waals surface area contributed by atoms with Crippen LogP contribution in [-0.2, 0) is 0 Å². The first kappa shape index (κ1) is 33.5. The Bertz CT molecular complexity index is 3190. The van der Waals surface area contributed by atoms with E-state index in [4.69, 9.17) is 0 Å². The Labute approximate surface area is 346 Å². The van der Waals surface area contributed by atoms with Crippen molar-refractivity contribution in [3.63, 3.8) is 0 Å². The molecule has 58 heavy (non-hydrogen) atoms. The zero-order valence-electron chi connectivity index (χ0n) is 31.5. The average molecular weight is 777 g/mol. The van der Waals surface area contributed by atoms with Gasteiger partial charge in [0, 0.05) is 58.7 Å². The first-order chi connectivity index (χ1) is 28.8. The van der Waals surface area contributed by atoms with Gasteiger partial charge in [0.25, 0.3) is 0 Å². The van der Waals surface area contributed by atoms with Crippen LogP contribution in [0.25, 0.3) is 65.1 Å². The van der Waals surface area contributed by atoms with Gasteiger partial charge in [0.15, 0.2) is 0 Å². The molecule has 3 heterocycles. The maximum absolute atomic E-state index is 2.47. The molecule has 2 unspecified atom stereocenters. The van der Waals surface area contributed by atoms with Gasteiger partial charge in [-0.15, -0.1) is 23.1 Å². The summed E-state index contributed by atoms with van der Waals surface area (Å²) in [5.41, 5.74) is 15.0. The van der Waals surface area contributed by atoms with Gasteiger partial charge in [-0.05, 0) is 94.1 Å². The molecule has 1 aliphatic carbocycles. The SMILES string of the molecule is C1=CC2c3cccc(N(c4ccc(-c5ccccc5)cc4)c4ccc(-c5cccc6c5sc5ccccc56)cc4)c3SC2c2c1n(-c1ccccc1)c1ccccc21. The van der Waals surface area contributed by atoms with E-state index in [-0.39, 0.29) is 11.2 Å². The van der Waals surface area contributed by atoms with E-state index in [9.17, 15) is 0 Å². The predicted octanol–water partition coefficient (Wildman–Crippen LogP) is 15.8. The Morgan fingerprint density at radius 3 is 1.93 bits per heavy atom. The average Bonchev–Trinajstić information content (AvgIpc) is 3.98. The Balaban J connectivity index is 0.988. The van der Waals surface area contributed by atoms with E-state index in [0.29, 0.717) is 0 Å². The zero-order chi connectivity index (χ0) is 38.2. The van der Waals surface area contributed by atoms with Crippen molar-refractivity contribution in [1.29, 1.82) is 0 Å². The van der Waals surface area contributed by atoms with Gasteiger partial charge in [-0.25, -0.2) is 0 Å². The highest BCUT2D eigenvalue weighted by Crippen LogP contribution is 2.62. The number of rotatable bonds is 6. The molecule has 8 aromatic carbocycles. The van der Waals surface area contributed by atoms with Crippen molar-refractivity contribution < 1.29 is 0 Å². The third-order valence-corrected chi connectivity index (χ3v) is 14.7. The first-order valence-corrected chi connectivity index (χ1v) is 21.6. The summed E-state index contributed by atoms with van der Waals surface area (Å²) >= 11 is 3.91. The Kier molecular flexibility index (Phi) is 7.82. The molecule has 0 fully saturated rings. The molecule has 0 bridgehead atoms. The fourth-order valence-corrected chi connectivity index (χ4v) is 12.2. The van der Waals surface area contributed by atoms with Gasteiger partial charge in [0.2, 0.25) is 0 Å². The summed E-state index contributed by atoms with van der Waals surface area (Å²) < 4.78 is 5.11. The van der Waals surface area contributed by atoms with Crippen molar-refractivity contribution in [3.05, 3.63) is 217 Å². The molecule has 0 N–H and O–H groups in total. The van der Waals surface area contributed by atoms with Crippen molar-refractivity contribution >= 4 is 77.3 Å². The molecule has 0 spiro atoms. The molecule has 4 heteroatoms. The van der Waals surface area contributed by atoms with Crippen LogP contribution in [0.3, 0.4) is 0 Å². The van der Waals surface area contributed by atoms with Gasteiger partial charge >= 0.3 is 0 Å². The smallest absolute Gasteiger partial charge is 0.0600 e. The van der Waals surface area contributed by atoms with Crippen molar-refractivity contribution in [2.24, 2.45) is 0 Å². The van der Waals surface area contributed by atoms with E-state index in [2.05, 4.69) is 216 Å². The molecule has 2 nitrogen and oxygen atoms in total. The largest absolute Gasteiger partial charge is 0.310 e. The maximum atomic E-state index is 2.47. The van der Waals surface area contributed by atoms with Crippen molar-refractivity contribution in [3.8, 4) is 27.9 Å². The molecule has 0 saturated heterocycles. The molecule has 1 aliphatic heterocycles. The first-order valence-electron chi connectivity index (χ1n) is 19.9. The summed E-state index contributed by atoms with van der Waals surface area (Å²) in [6, 6.07) is 71.1. The third-order valence-electron chi connectivity index (χ3n) is 12.0. The van der Waals surface area contributed by atoms with Crippen molar-refractivity contribution in [2.45, 2.75) is 16.1 Å². The second-order valence-electron chi connectivity index (χ2n) is 15.2. The normalized spacial score (nSPS) is 15.4. The van der Waals surface area contributed by atoms with Crippen LogP contribution in [0.1, 0.15) is 28.0 Å². The van der Waals surface area contributed by atoms with Gasteiger partial charge in [-0.1, -0.05) is 146 Å². The fraction of sp³-hybridized carbons (Fsp3) is 0.0370. The molecular weight excluding hydrogens is 741 g/mol. The summed E-state index contributed by atoms with van der Waals surface area (Å²) in [6.07, 6.45) is 4.83. The summed E-state index contributed by atoms with van der Waals surface area (Å²) in [5, 5.41) is 4.25. The van der Waals surface area contributed by atoms with Crippen LogP contribution in [0.2, 0.25) is 0 Å². The van der Waals surface area contributed by atoms with E-state index in [0.717, 1.165) is 11.4 Å². The number of allylic oxidation sites excluding steroid dienone is 1. The van der Waals surface area contributed by atoms with E-state index in [1.165, 1.54) is 86.4 Å². The lowest BCUT2D eigenvalue weighted by Crippen LogP contribution is -2.11. The van der Waals surface area contributed by atoms with Gasteiger partial charge in [-0.3, -0.25) is 0 Å². The molecule has 10 aromatic rings. The lowest BCUT2D eigenvalue weighted by atomic mass is 9.86. The number of aromatic nitrogens is 1. The number of hydrogen-bond acceptors (Lipinski definition) is 3. The van der Waals surface area contributed by atoms with Gasteiger partial charge in [0.1, 0.15) is 0 Å². The van der Waals surface area contributed by atoms with Crippen LogP contribution in [0, 0.1) is 0 Å².